The molecule has 1 saturated heterocycles. The van der Waals surface area contributed by atoms with Crippen LogP contribution in [-0.4, -0.2) is 40.4 Å². The first-order chi connectivity index (χ1) is 14.7. The van der Waals surface area contributed by atoms with Crippen molar-refractivity contribution in [3.8, 4) is 18.1 Å². The Morgan fingerprint density at radius 1 is 1.10 bits per heavy atom. The predicted octanol–water partition coefficient (Wildman–Crippen LogP) is 4.97. The van der Waals surface area contributed by atoms with Crippen molar-refractivity contribution in [3.05, 3.63) is 30.0 Å². The fraction of sp³-hybridized carbons (Fsp3) is 0.615. The lowest BCUT2D eigenvalue weighted by atomic mass is 9.87. The van der Waals surface area contributed by atoms with Crippen LogP contribution in [0.1, 0.15) is 63.4 Å². The molecule has 1 aliphatic heterocycles. The number of aryl methyl sites for hydroxylation is 1. The van der Waals surface area contributed by atoms with Gasteiger partial charge in [0.05, 0.1) is 12.7 Å². The zero-order valence-electron chi connectivity index (χ0n) is 18.2. The average Bonchev–Trinajstić information content (AvgIpc) is 3.11. The first-order valence-electron chi connectivity index (χ1n) is 11.8. The van der Waals surface area contributed by atoms with Gasteiger partial charge in [-0.2, -0.15) is 0 Å². The molecule has 0 amide bonds. The Balaban J connectivity index is 1.53. The van der Waals surface area contributed by atoms with Crippen LogP contribution in [0.3, 0.4) is 0 Å². The highest BCUT2D eigenvalue weighted by atomic mass is 16.5. The van der Waals surface area contributed by atoms with Gasteiger partial charge in [-0.05, 0) is 48.9 Å². The van der Waals surface area contributed by atoms with E-state index in [-0.39, 0.29) is 6.10 Å². The van der Waals surface area contributed by atoms with Crippen LogP contribution in [0, 0.1) is 18.3 Å². The minimum Gasteiger partial charge on any atom is -0.493 e. The number of aromatic nitrogens is 1. The lowest BCUT2D eigenvalue weighted by Gasteiger charge is -2.29. The minimum absolute atomic E-state index is 0.130. The molecule has 1 aromatic carbocycles. The summed E-state index contributed by atoms with van der Waals surface area (Å²) in [6.45, 7) is 4.52. The normalized spacial score (nSPS) is 19.2. The van der Waals surface area contributed by atoms with E-state index in [2.05, 4.69) is 39.8 Å². The number of piperidine rings is 1. The minimum atomic E-state index is -0.130. The first kappa shape index (κ1) is 21.3. The molecule has 1 N–H and O–H groups in total. The molecule has 0 unspecified atom stereocenters. The highest BCUT2D eigenvalue weighted by Crippen LogP contribution is 2.31. The van der Waals surface area contributed by atoms with Gasteiger partial charge in [0.1, 0.15) is 5.75 Å². The average molecular weight is 409 g/mol. The molecule has 162 valence electrons. The van der Waals surface area contributed by atoms with Gasteiger partial charge < -0.3 is 14.4 Å². The molecular formula is C26H36N2O2. The maximum Gasteiger partial charge on any atom is 0.120 e. The maximum atomic E-state index is 9.84. The van der Waals surface area contributed by atoms with Crippen LogP contribution in [0.2, 0.25) is 0 Å². The standard InChI is InChI=1S/C26H36N2O2/c1-2-3-17-30-24-9-10-26-25(18-24)22(19-27-14-12-23(29)13-15-27)20-28(26)16-11-21-7-5-4-6-8-21/h1,9-10,18,20-21,23,29H,3-8,11-17,19H2. The second kappa shape index (κ2) is 10.4. The van der Waals surface area contributed by atoms with E-state index in [0.29, 0.717) is 13.0 Å². The number of fused-ring (bicyclic) bond motifs is 1. The van der Waals surface area contributed by atoms with Crippen LogP contribution in [0.4, 0.5) is 0 Å². The number of ether oxygens (including phenoxy) is 1. The third-order valence-electron chi connectivity index (χ3n) is 6.90. The van der Waals surface area contributed by atoms with E-state index in [9.17, 15) is 5.11 Å². The van der Waals surface area contributed by atoms with Gasteiger partial charge >= 0.3 is 0 Å². The summed E-state index contributed by atoms with van der Waals surface area (Å²) in [4.78, 5) is 2.47. The molecule has 0 radical (unpaired) electrons. The van der Waals surface area contributed by atoms with Crippen LogP contribution in [0.25, 0.3) is 10.9 Å². The van der Waals surface area contributed by atoms with Gasteiger partial charge in [0, 0.05) is 49.7 Å². The Morgan fingerprint density at radius 2 is 1.90 bits per heavy atom. The van der Waals surface area contributed by atoms with Crippen LogP contribution < -0.4 is 4.74 Å². The molecule has 2 fully saturated rings. The summed E-state index contributed by atoms with van der Waals surface area (Å²) < 4.78 is 8.34. The maximum absolute atomic E-state index is 9.84. The van der Waals surface area contributed by atoms with Gasteiger partial charge in [-0.15, -0.1) is 12.3 Å². The number of aliphatic hydroxyl groups excluding tert-OH is 1. The number of benzene rings is 1. The smallest absolute Gasteiger partial charge is 0.120 e. The van der Waals surface area contributed by atoms with Crippen molar-refractivity contribution in [3.63, 3.8) is 0 Å². The van der Waals surface area contributed by atoms with E-state index in [1.165, 1.54) is 55.0 Å². The fourth-order valence-electron chi connectivity index (χ4n) is 5.09. The number of likely N-dealkylation sites (tertiary alicyclic amines) is 1. The summed E-state index contributed by atoms with van der Waals surface area (Å²) in [6, 6.07) is 6.49. The monoisotopic (exact) mass is 408 g/mol. The lowest BCUT2D eigenvalue weighted by molar-refractivity contribution is 0.0794. The lowest BCUT2D eigenvalue weighted by Crippen LogP contribution is -2.35. The molecule has 30 heavy (non-hydrogen) atoms. The molecule has 2 heterocycles. The summed E-state index contributed by atoms with van der Waals surface area (Å²) in [5.41, 5.74) is 2.68. The van der Waals surface area contributed by atoms with Crippen molar-refractivity contribution in [1.29, 1.82) is 0 Å². The zero-order chi connectivity index (χ0) is 20.8. The van der Waals surface area contributed by atoms with E-state index >= 15 is 0 Å². The molecule has 1 saturated carbocycles. The molecule has 4 heteroatoms. The molecule has 1 aliphatic carbocycles. The third-order valence-corrected chi connectivity index (χ3v) is 6.90. The van der Waals surface area contributed by atoms with Crippen LogP contribution in [-0.2, 0) is 13.1 Å². The van der Waals surface area contributed by atoms with Gasteiger partial charge in [0.15, 0.2) is 0 Å². The third kappa shape index (κ3) is 5.39. The Hall–Kier alpha value is -1.96. The summed E-state index contributed by atoms with van der Waals surface area (Å²) in [5.74, 6) is 4.42. The van der Waals surface area contributed by atoms with Crippen molar-refractivity contribution >= 4 is 10.9 Å². The van der Waals surface area contributed by atoms with E-state index in [4.69, 9.17) is 11.2 Å². The van der Waals surface area contributed by atoms with Gasteiger partial charge in [-0.1, -0.05) is 32.1 Å². The van der Waals surface area contributed by atoms with Crippen molar-refractivity contribution in [2.24, 2.45) is 5.92 Å². The van der Waals surface area contributed by atoms with Gasteiger partial charge in [-0.3, -0.25) is 4.90 Å². The Labute approximate surface area is 181 Å². The van der Waals surface area contributed by atoms with Gasteiger partial charge in [0.25, 0.3) is 0 Å². The molecule has 2 aromatic rings. The zero-order valence-corrected chi connectivity index (χ0v) is 18.2. The molecule has 1 aromatic heterocycles. The second-order valence-electron chi connectivity index (χ2n) is 9.13. The number of hydrogen-bond acceptors (Lipinski definition) is 3. The molecule has 2 aliphatic rings. The Kier molecular flexibility index (Phi) is 7.36. The van der Waals surface area contributed by atoms with E-state index in [1.807, 2.05) is 0 Å². The topological polar surface area (TPSA) is 37.6 Å². The summed E-state index contributed by atoms with van der Waals surface area (Å²) in [7, 11) is 0. The summed E-state index contributed by atoms with van der Waals surface area (Å²) in [5, 5.41) is 11.1. The summed E-state index contributed by atoms with van der Waals surface area (Å²) >= 11 is 0. The largest absolute Gasteiger partial charge is 0.493 e. The van der Waals surface area contributed by atoms with Crippen molar-refractivity contribution in [2.45, 2.75) is 77.0 Å². The number of nitrogens with zero attached hydrogens (tertiary/aromatic N) is 2. The quantitative estimate of drug-likeness (QED) is 0.495. The second-order valence-corrected chi connectivity index (χ2v) is 9.13. The van der Waals surface area contributed by atoms with E-state index in [1.54, 1.807) is 0 Å². The fourth-order valence-corrected chi connectivity index (χ4v) is 5.09. The molecule has 0 bridgehead atoms. The van der Waals surface area contributed by atoms with Crippen LogP contribution >= 0.6 is 0 Å². The number of aliphatic hydroxyl groups is 1. The van der Waals surface area contributed by atoms with E-state index < -0.39 is 0 Å². The highest BCUT2D eigenvalue weighted by Gasteiger charge is 2.20. The van der Waals surface area contributed by atoms with Crippen molar-refractivity contribution in [2.75, 3.05) is 19.7 Å². The Morgan fingerprint density at radius 3 is 2.67 bits per heavy atom. The molecule has 4 nitrogen and oxygen atoms in total. The molecule has 4 rings (SSSR count). The van der Waals surface area contributed by atoms with Crippen LogP contribution in [0.15, 0.2) is 24.4 Å². The Bertz CT molecular complexity index is 852. The van der Waals surface area contributed by atoms with Crippen molar-refractivity contribution < 1.29 is 9.84 Å². The molecule has 0 spiro atoms. The number of terminal acetylenes is 1. The van der Waals surface area contributed by atoms with Gasteiger partial charge in [0.2, 0.25) is 0 Å². The van der Waals surface area contributed by atoms with Crippen molar-refractivity contribution in [1.82, 2.24) is 9.47 Å². The SMILES string of the molecule is C#CCCOc1ccc2c(c1)c(CN1CCC(O)CC1)cn2CCC1CCCCC1. The first-order valence-corrected chi connectivity index (χ1v) is 11.8. The predicted molar refractivity (Wildman–Crippen MR) is 123 cm³/mol. The number of rotatable bonds is 8. The van der Waals surface area contributed by atoms with Gasteiger partial charge in [-0.25, -0.2) is 0 Å². The number of hydrogen-bond donors (Lipinski definition) is 1. The van der Waals surface area contributed by atoms with Crippen LogP contribution in [0.5, 0.6) is 5.75 Å². The highest BCUT2D eigenvalue weighted by molar-refractivity contribution is 5.85. The molecule has 0 atom stereocenters. The van der Waals surface area contributed by atoms with E-state index in [0.717, 1.165) is 50.7 Å². The molecular weight excluding hydrogens is 372 g/mol. The summed E-state index contributed by atoms with van der Waals surface area (Å²) in [6.07, 6.45) is 18.3.